The van der Waals surface area contributed by atoms with Gasteiger partial charge < -0.3 is 9.47 Å². The summed E-state index contributed by atoms with van der Waals surface area (Å²) in [5, 5.41) is 0. The Bertz CT molecular complexity index is 604. The lowest BCUT2D eigenvalue weighted by atomic mass is 10.1. The van der Waals surface area contributed by atoms with E-state index < -0.39 is 0 Å². The second kappa shape index (κ2) is 6.00. The van der Waals surface area contributed by atoms with Crippen LogP contribution in [0.2, 0.25) is 0 Å². The Morgan fingerprint density at radius 2 is 1.38 bits per heavy atom. The molecule has 2 aromatic carbocycles. The highest BCUT2D eigenvalue weighted by molar-refractivity contribution is 5.91. The SMILES string of the molecule is Cc1ccc(OC(=O)c2ccc(OC(C)(C)C)cc2)cc1. The largest absolute Gasteiger partial charge is 0.488 e. The first-order chi connectivity index (χ1) is 9.83. The van der Waals surface area contributed by atoms with E-state index in [0.717, 1.165) is 11.3 Å². The normalized spacial score (nSPS) is 11.0. The van der Waals surface area contributed by atoms with Crippen molar-refractivity contribution in [3.8, 4) is 11.5 Å². The molecule has 0 fully saturated rings. The van der Waals surface area contributed by atoms with Gasteiger partial charge >= 0.3 is 5.97 Å². The van der Waals surface area contributed by atoms with Crippen molar-refractivity contribution in [2.75, 3.05) is 0 Å². The van der Waals surface area contributed by atoms with Crippen LogP contribution in [0, 0.1) is 6.92 Å². The fraction of sp³-hybridized carbons (Fsp3) is 0.278. The van der Waals surface area contributed by atoms with Crippen LogP contribution in [0.15, 0.2) is 48.5 Å². The first-order valence-electron chi connectivity index (χ1n) is 6.91. The average molecular weight is 284 g/mol. The van der Waals surface area contributed by atoms with Gasteiger partial charge in [-0.2, -0.15) is 0 Å². The van der Waals surface area contributed by atoms with Crippen LogP contribution in [0.5, 0.6) is 11.5 Å². The smallest absolute Gasteiger partial charge is 0.343 e. The third-order valence-corrected chi connectivity index (χ3v) is 2.75. The Hall–Kier alpha value is -2.29. The molecular weight excluding hydrogens is 264 g/mol. The van der Waals surface area contributed by atoms with Crippen molar-refractivity contribution < 1.29 is 14.3 Å². The Morgan fingerprint density at radius 3 is 1.90 bits per heavy atom. The number of hydrogen-bond donors (Lipinski definition) is 0. The van der Waals surface area contributed by atoms with Crippen molar-refractivity contribution in [1.29, 1.82) is 0 Å². The van der Waals surface area contributed by atoms with Gasteiger partial charge in [-0.3, -0.25) is 0 Å². The van der Waals surface area contributed by atoms with Crippen molar-refractivity contribution in [1.82, 2.24) is 0 Å². The fourth-order valence-corrected chi connectivity index (χ4v) is 1.78. The lowest BCUT2D eigenvalue weighted by Crippen LogP contribution is -2.22. The molecule has 2 aromatic rings. The van der Waals surface area contributed by atoms with Gasteiger partial charge in [0.05, 0.1) is 5.56 Å². The highest BCUT2D eigenvalue weighted by Crippen LogP contribution is 2.19. The minimum Gasteiger partial charge on any atom is -0.488 e. The maximum absolute atomic E-state index is 12.0. The summed E-state index contributed by atoms with van der Waals surface area (Å²) in [6, 6.07) is 14.3. The van der Waals surface area contributed by atoms with E-state index in [1.54, 1.807) is 36.4 Å². The average Bonchev–Trinajstić information content (AvgIpc) is 2.40. The van der Waals surface area contributed by atoms with E-state index in [9.17, 15) is 4.79 Å². The van der Waals surface area contributed by atoms with Gasteiger partial charge in [0, 0.05) is 0 Å². The second-order valence-corrected chi connectivity index (χ2v) is 5.94. The highest BCUT2D eigenvalue weighted by Gasteiger charge is 2.13. The summed E-state index contributed by atoms with van der Waals surface area (Å²) >= 11 is 0. The Labute approximate surface area is 125 Å². The molecule has 0 aliphatic carbocycles. The van der Waals surface area contributed by atoms with Crippen LogP contribution >= 0.6 is 0 Å². The minimum absolute atomic E-state index is 0.260. The quantitative estimate of drug-likeness (QED) is 0.619. The zero-order chi connectivity index (χ0) is 15.5. The topological polar surface area (TPSA) is 35.5 Å². The Morgan fingerprint density at radius 1 is 0.857 bits per heavy atom. The van der Waals surface area contributed by atoms with Crippen LogP contribution in [-0.2, 0) is 0 Å². The molecular formula is C18H20O3. The van der Waals surface area contributed by atoms with Crippen LogP contribution in [0.4, 0.5) is 0 Å². The lowest BCUT2D eigenvalue weighted by molar-refractivity contribution is 0.0734. The summed E-state index contributed by atoms with van der Waals surface area (Å²) in [6.07, 6.45) is 0. The summed E-state index contributed by atoms with van der Waals surface area (Å²) in [5.74, 6) is 0.899. The standard InChI is InChI=1S/C18H20O3/c1-13-5-9-15(10-6-13)20-17(19)14-7-11-16(12-8-14)21-18(2,3)4/h5-12H,1-4H3. The summed E-state index contributed by atoms with van der Waals surface area (Å²) in [5.41, 5.74) is 1.36. The first-order valence-corrected chi connectivity index (χ1v) is 6.91. The van der Waals surface area contributed by atoms with Gasteiger partial charge in [-0.15, -0.1) is 0 Å². The number of hydrogen-bond acceptors (Lipinski definition) is 3. The molecule has 3 heteroatoms. The molecule has 0 saturated heterocycles. The van der Waals surface area contributed by atoms with E-state index >= 15 is 0 Å². The molecule has 0 saturated carbocycles. The number of esters is 1. The molecule has 0 aromatic heterocycles. The van der Waals surface area contributed by atoms with E-state index in [1.165, 1.54) is 0 Å². The van der Waals surface area contributed by atoms with Crippen molar-refractivity contribution in [2.24, 2.45) is 0 Å². The maximum atomic E-state index is 12.0. The van der Waals surface area contributed by atoms with Crippen molar-refractivity contribution in [2.45, 2.75) is 33.3 Å². The molecule has 0 atom stereocenters. The van der Waals surface area contributed by atoms with Gasteiger partial charge in [0.25, 0.3) is 0 Å². The number of carbonyl (C=O) groups is 1. The van der Waals surface area contributed by atoms with Crippen LogP contribution in [0.25, 0.3) is 0 Å². The second-order valence-electron chi connectivity index (χ2n) is 5.94. The molecule has 0 radical (unpaired) electrons. The number of ether oxygens (including phenoxy) is 2. The highest BCUT2D eigenvalue weighted by atomic mass is 16.5. The molecule has 0 bridgehead atoms. The molecule has 0 unspecified atom stereocenters. The molecule has 21 heavy (non-hydrogen) atoms. The fourth-order valence-electron chi connectivity index (χ4n) is 1.78. The predicted octanol–water partition coefficient (Wildman–Crippen LogP) is 4.39. The summed E-state index contributed by atoms with van der Waals surface area (Å²) in [7, 11) is 0. The van der Waals surface area contributed by atoms with E-state index in [-0.39, 0.29) is 11.6 Å². The third kappa shape index (κ3) is 4.63. The molecule has 0 aliphatic rings. The van der Waals surface area contributed by atoms with Gasteiger partial charge in [0.2, 0.25) is 0 Å². The third-order valence-electron chi connectivity index (χ3n) is 2.75. The monoisotopic (exact) mass is 284 g/mol. The molecule has 0 N–H and O–H groups in total. The summed E-state index contributed by atoms with van der Waals surface area (Å²) in [6.45, 7) is 7.92. The first kappa shape index (κ1) is 15.1. The zero-order valence-electron chi connectivity index (χ0n) is 12.8. The summed E-state index contributed by atoms with van der Waals surface area (Å²) < 4.78 is 11.0. The zero-order valence-corrected chi connectivity index (χ0v) is 12.8. The number of benzene rings is 2. The van der Waals surface area contributed by atoms with Crippen LogP contribution in [-0.4, -0.2) is 11.6 Å². The van der Waals surface area contributed by atoms with Gasteiger partial charge in [0.1, 0.15) is 17.1 Å². The maximum Gasteiger partial charge on any atom is 0.343 e. The molecule has 0 spiro atoms. The Kier molecular flexibility index (Phi) is 4.32. The Balaban J connectivity index is 2.04. The van der Waals surface area contributed by atoms with Gasteiger partial charge in [-0.1, -0.05) is 17.7 Å². The van der Waals surface area contributed by atoms with E-state index in [2.05, 4.69) is 0 Å². The minimum atomic E-state index is -0.374. The van der Waals surface area contributed by atoms with Crippen LogP contribution in [0.3, 0.4) is 0 Å². The number of carbonyl (C=O) groups excluding carboxylic acids is 1. The van der Waals surface area contributed by atoms with Gasteiger partial charge in [-0.05, 0) is 64.1 Å². The predicted molar refractivity (Wildman–Crippen MR) is 83.0 cm³/mol. The van der Waals surface area contributed by atoms with Gasteiger partial charge in [0.15, 0.2) is 0 Å². The van der Waals surface area contributed by atoms with Gasteiger partial charge in [-0.25, -0.2) is 4.79 Å². The van der Waals surface area contributed by atoms with Crippen molar-refractivity contribution in [3.05, 3.63) is 59.7 Å². The molecule has 0 heterocycles. The lowest BCUT2D eigenvalue weighted by Gasteiger charge is -2.21. The molecule has 2 rings (SSSR count). The molecule has 0 aliphatic heterocycles. The molecule has 0 amide bonds. The van der Waals surface area contributed by atoms with E-state index in [0.29, 0.717) is 11.3 Å². The summed E-state index contributed by atoms with van der Waals surface area (Å²) in [4.78, 5) is 12.0. The number of aryl methyl sites for hydroxylation is 1. The van der Waals surface area contributed by atoms with Crippen molar-refractivity contribution >= 4 is 5.97 Å². The van der Waals surface area contributed by atoms with Crippen LogP contribution < -0.4 is 9.47 Å². The molecule has 110 valence electrons. The van der Waals surface area contributed by atoms with E-state index in [4.69, 9.17) is 9.47 Å². The number of rotatable bonds is 3. The van der Waals surface area contributed by atoms with Crippen LogP contribution in [0.1, 0.15) is 36.7 Å². The van der Waals surface area contributed by atoms with E-state index in [1.807, 2.05) is 39.8 Å². The molecule has 3 nitrogen and oxygen atoms in total. The van der Waals surface area contributed by atoms with Crippen molar-refractivity contribution in [3.63, 3.8) is 0 Å².